The van der Waals surface area contributed by atoms with Gasteiger partial charge in [0.05, 0.1) is 18.3 Å². The molecule has 0 unspecified atom stereocenters. The monoisotopic (exact) mass is 335 g/mol. The van der Waals surface area contributed by atoms with Gasteiger partial charge in [-0.1, -0.05) is 6.07 Å². The molecule has 2 aromatic rings. The molecule has 0 saturated heterocycles. The number of benzene rings is 1. The highest BCUT2D eigenvalue weighted by atomic mass is 19.1. The molecule has 1 saturated carbocycles. The van der Waals surface area contributed by atoms with Gasteiger partial charge >= 0.3 is 0 Å². The Morgan fingerprint density at radius 3 is 2.79 bits per heavy atom. The van der Waals surface area contributed by atoms with Gasteiger partial charge in [0.1, 0.15) is 18.2 Å². The molecule has 3 rings (SSSR count). The van der Waals surface area contributed by atoms with Crippen LogP contribution in [-0.4, -0.2) is 26.9 Å². The fraction of sp³-hybridized carbons (Fsp3) is 0.412. The lowest BCUT2D eigenvalue weighted by Crippen LogP contribution is -2.42. The fourth-order valence-electron chi connectivity index (χ4n) is 3.02. The molecule has 24 heavy (non-hydrogen) atoms. The van der Waals surface area contributed by atoms with Gasteiger partial charge in [-0.05, 0) is 37.3 Å². The maximum atomic E-state index is 14.1. The van der Waals surface area contributed by atoms with Crippen molar-refractivity contribution >= 4 is 5.91 Å². The van der Waals surface area contributed by atoms with Gasteiger partial charge in [-0.2, -0.15) is 5.10 Å². The average molecular weight is 335 g/mol. The first-order chi connectivity index (χ1) is 11.4. The van der Waals surface area contributed by atoms with Crippen LogP contribution >= 0.6 is 0 Å². The first-order valence-corrected chi connectivity index (χ1v) is 7.84. The summed E-state index contributed by atoms with van der Waals surface area (Å²) < 4.78 is 28.8. The molecule has 0 bridgehead atoms. The Morgan fingerprint density at radius 1 is 1.46 bits per heavy atom. The highest BCUT2D eigenvalue weighted by Gasteiger charge is 2.36. The molecule has 0 spiro atoms. The topological polar surface area (TPSA) is 67.2 Å². The predicted octanol–water partition coefficient (Wildman–Crippen LogP) is 2.10. The number of carbonyl (C=O) groups is 1. The molecule has 2 N–H and O–H groups in total. The Hall–Kier alpha value is -2.28. The fourth-order valence-corrected chi connectivity index (χ4v) is 3.02. The van der Waals surface area contributed by atoms with Crippen molar-refractivity contribution in [2.75, 3.05) is 0 Å². The number of aromatic nitrogens is 2. The van der Waals surface area contributed by atoms with Crippen molar-refractivity contribution in [3.05, 3.63) is 53.4 Å². The minimum absolute atomic E-state index is 0.0163. The van der Waals surface area contributed by atoms with Crippen molar-refractivity contribution in [2.45, 2.75) is 38.5 Å². The minimum Gasteiger partial charge on any atom is -0.393 e. The second-order valence-corrected chi connectivity index (χ2v) is 6.31. The lowest BCUT2D eigenvalue weighted by atomic mass is 9.75. The van der Waals surface area contributed by atoms with Crippen molar-refractivity contribution in [1.82, 2.24) is 15.1 Å². The largest absolute Gasteiger partial charge is 0.393 e. The van der Waals surface area contributed by atoms with E-state index in [0.717, 1.165) is 11.6 Å². The third kappa shape index (κ3) is 3.62. The summed E-state index contributed by atoms with van der Waals surface area (Å²) in [6, 6.07) is 2.72. The van der Waals surface area contributed by atoms with Crippen molar-refractivity contribution in [2.24, 2.45) is 5.92 Å². The van der Waals surface area contributed by atoms with Crippen LogP contribution in [0, 0.1) is 24.5 Å². The molecule has 1 aromatic heterocycles. The van der Waals surface area contributed by atoms with E-state index in [1.54, 1.807) is 12.4 Å². The van der Waals surface area contributed by atoms with E-state index in [4.69, 9.17) is 0 Å². The summed E-state index contributed by atoms with van der Waals surface area (Å²) in [4.78, 5) is 12.3. The molecule has 1 heterocycles. The van der Waals surface area contributed by atoms with Crippen LogP contribution in [0.2, 0.25) is 0 Å². The molecule has 1 fully saturated rings. The van der Waals surface area contributed by atoms with E-state index in [0.29, 0.717) is 12.8 Å². The van der Waals surface area contributed by atoms with E-state index in [-0.39, 0.29) is 23.9 Å². The number of rotatable bonds is 5. The third-order valence-corrected chi connectivity index (χ3v) is 4.30. The van der Waals surface area contributed by atoms with Gasteiger partial charge in [-0.15, -0.1) is 0 Å². The Morgan fingerprint density at radius 2 is 2.21 bits per heavy atom. The molecule has 1 aromatic carbocycles. The second kappa shape index (κ2) is 6.68. The molecule has 1 amide bonds. The molecule has 5 nitrogen and oxygen atoms in total. The summed E-state index contributed by atoms with van der Waals surface area (Å²) in [5.74, 6) is -1.75. The minimum atomic E-state index is -0.698. The van der Waals surface area contributed by atoms with Crippen LogP contribution in [0.5, 0.6) is 0 Å². The Balaban J connectivity index is 1.76. The Labute approximate surface area is 138 Å². The summed E-state index contributed by atoms with van der Waals surface area (Å²) in [6.07, 6.45) is 3.89. The van der Waals surface area contributed by atoms with Crippen LogP contribution in [0.4, 0.5) is 8.78 Å². The first-order valence-electron chi connectivity index (χ1n) is 7.84. The van der Waals surface area contributed by atoms with Gasteiger partial charge in [-0.3, -0.25) is 9.48 Å². The van der Waals surface area contributed by atoms with E-state index in [1.165, 1.54) is 16.8 Å². The molecule has 0 aliphatic heterocycles. The average Bonchev–Trinajstić information content (AvgIpc) is 2.87. The van der Waals surface area contributed by atoms with E-state index in [9.17, 15) is 18.7 Å². The lowest BCUT2D eigenvalue weighted by molar-refractivity contribution is -0.123. The molecule has 1 aliphatic carbocycles. The Bertz CT molecular complexity index is 741. The van der Waals surface area contributed by atoms with Crippen LogP contribution in [0.15, 0.2) is 30.6 Å². The highest BCUT2D eigenvalue weighted by molar-refractivity contribution is 5.76. The van der Waals surface area contributed by atoms with Crippen LogP contribution in [-0.2, 0) is 11.3 Å². The number of aliphatic hydroxyl groups is 1. The number of halogens is 2. The predicted molar refractivity (Wildman–Crippen MR) is 82.9 cm³/mol. The molecule has 1 atom stereocenters. The number of amides is 1. The highest BCUT2D eigenvalue weighted by Crippen LogP contribution is 2.39. The zero-order valence-corrected chi connectivity index (χ0v) is 13.2. The first kappa shape index (κ1) is 16.6. The quantitative estimate of drug-likeness (QED) is 0.879. The molecular formula is C17H19F2N3O2. The van der Waals surface area contributed by atoms with Crippen molar-refractivity contribution in [1.29, 1.82) is 0 Å². The summed E-state index contributed by atoms with van der Waals surface area (Å²) in [6.45, 7) is 1.89. The summed E-state index contributed by atoms with van der Waals surface area (Å²) in [5, 5.41) is 16.4. The number of nitrogens with zero attached hydrogens (tertiary/aromatic N) is 2. The van der Waals surface area contributed by atoms with Crippen molar-refractivity contribution in [3.63, 3.8) is 0 Å². The Kier molecular flexibility index (Phi) is 4.62. The van der Waals surface area contributed by atoms with Crippen LogP contribution in [0.3, 0.4) is 0 Å². The van der Waals surface area contributed by atoms with Gasteiger partial charge in [0.2, 0.25) is 5.91 Å². The SMILES string of the molecule is Cc1cnn(CC(=O)N[C@@H](c2ccc(F)cc2F)C2CC(O)C2)c1. The number of nitrogens with one attached hydrogen (secondary N) is 1. The maximum absolute atomic E-state index is 14.1. The van der Waals surface area contributed by atoms with Gasteiger partial charge in [0, 0.05) is 17.8 Å². The van der Waals surface area contributed by atoms with Crippen LogP contribution < -0.4 is 5.32 Å². The van der Waals surface area contributed by atoms with Crippen LogP contribution in [0.1, 0.15) is 30.0 Å². The molecular weight excluding hydrogens is 316 g/mol. The normalized spacial score (nSPS) is 21.2. The zero-order chi connectivity index (χ0) is 17.3. The summed E-state index contributed by atoms with van der Waals surface area (Å²) in [7, 11) is 0. The van der Waals surface area contributed by atoms with Crippen molar-refractivity contribution < 1.29 is 18.7 Å². The maximum Gasteiger partial charge on any atom is 0.242 e. The van der Waals surface area contributed by atoms with Gasteiger partial charge in [0.25, 0.3) is 0 Å². The van der Waals surface area contributed by atoms with E-state index in [2.05, 4.69) is 10.4 Å². The van der Waals surface area contributed by atoms with Gasteiger partial charge in [0.15, 0.2) is 0 Å². The molecule has 0 radical (unpaired) electrons. The smallest absolute Gasteiger partial charge is 0.242 e. The molecule has 7 heteroatoms. The number of aliphatic hydroxyl groups excluding tert-OH is 1. The van der Waals surface area contributed by atoms with Gasteiger partial charge in [-0.25, -0.2) is 8.78 Å². The standard InChI is InChI=1S/C17H19F2N3O2/c1-10-7-20-22(8-10)9-16(24)21-17(11-4-13(23)5-11)14-3-2-12(18)6-15(14)19/h2-3,6-8,11,13,17,23H,4-5,9H2,1H3,(H,21,24)/t11?,13?,17-/m1/s1. The number of hydrogen-bond donors (Lipinski definition) is 2. The van der Waals surface area contributed by atoms with E-state index < -0.39 is 23.8 Å². The van der Waals surface area contributed by atoms with E-state index >= 15 is 0 Å². The third-order valence-electron chi connectivity index (χ3n) is 4.30. The molecule has 1 aliphatic rings. The number of aryl methyl sites for hydroxylation is 1. The van der Waals surface area contributed by atoms with Crippen LogP contribution in [0.25, 0.3) is 0 Å². The zero-order valence-electron chi connectivity index (χ0n) is 13.2. The van der Waals surface area contributed by atoms with Gasteiger partial charge < -0.3 is 10.4 Å². The number of hydrogen-bond acceptors (Lipinski definition) is 3. The lowest BCUT2D eigenvalue weighted by Gasteiger charge is -2.38. The summed E-state index contributed by atoms with van der Waals surface area (Å²) >= 11 is 0. The van der Waals surface area contributed by atoms with Crippen molar-refractivity contribution in [3.8, 4) is 0 Å². The number of carbonyl (C=O) groups excluding carboxylic acids is 1. The summed E-state index contributed by atoms with van der Waals surface area (Å²) in [5.41, 5.74) is 1.17. The second-order valence-electron chi connectivity index (χ2n) is 6.31. The molecule has 128 valence electrons. The van der Waals surface area contributed by atoms with E-state index in [1.807, 2.05) is 6.92 Å².